The number of rotatable bonds is 3. The third kappa shape index (κ3) is 2.28. The summed E-state index contributed by atoms with van der Waals surface area (Å²) in [6.45, 7) is 0. The second-order valence-corrected chi connectivity index (χ2v) is 3.27. The number of hydrogen-bond acceptors (Lipinski definition) is 3. The quantitative estimate of drug-likeness (QED) is 0.577. The standard InChI is InChI=1S/C11H12N2O2/c12-11(13)9-7-14-10(15-9)6-8-4-2-1-3-5-8/h1-5,7,10H,6H2,(H3,12,13). The van der Waals surface area contributed by atoms with Crippen LogP contribution in [0.15, 0.2) is 42.4 Å². The fourth-order valence-electron chi connectivity index (χ4n) is 1.36. The van der Waals surface area contributed by atoms with Gasteiger partial charge in [-0.1, -0.05) is 30.3 Å². The van der Waals surface area contributed by atoms with Crippen molar-refractivity contribution < 1.29 is 9.47 Å². The summed E-state index contributed by atoms with van der Waals surface area (Å²) in [7, 11) is 0. The third-order valence-corrected chi connectivity index (χ3v) is 2.10. The molecule has 0 bridgehead atoms. The topological polar surface area (TPSA) is 68.3 Å². The first-order chi connectivity index (χ1) is 7.25. The molecule has 4 heteroatoms. The normalized spacial score (nSPS) is 18.9. The average Bonchev–Trinajstić information content (AvgIpc) is 2.68. The first kappa shape index (κ1) is 9.58. The van der Waals surface area contributed by atoms with Crippen molar-refractivity contribution in [3.8, 4) is 0 Å². The summed E-state index contributed by atoms with van der Waals surface area (Å²) in [5.41, 5.74) is 6.39. The van der Waals surface area contributed by atoms with Crippen molar-refractivity contribution in [1.82, 2.24) is 0 Å². The van der Waals surface area contributed by atoms with Gasteiger partial charge in [-0.2, -0.15) is 0 Å². The van der Waals surface area contributed by atoms with E-state index in [1.165, 1.54) is 6.26 Å². The second-order valence-electron chi connectivity index (χ2n) is 3.27. The van der Waals surface area contributed by atoms with Gasteiger partial charge >= 0.3 is 0 Å². The summed E-state index contributed by atoms with van der Waals surface area (Å²) < 4.78 is 10.5. The molecule has 0 aliphatic carbocycles. The minimum atomic E-state index is -0.369. The maximum absolute atomic E-state index is 7.17. The Labute approximate surface area is 87.8 Å². The van der Waals surface area contributed by atoms with E-state index in [1.807, 2.05) is 30.3 Å². The van der Waals surface area contributed by atoms with Crippen molar-refractivity contribution in [2.24, 2.45) is 5.73 Å². The first-order valence-electron chi connectivity index (χ1n) is 4.66. The maximum Gasteiger partial charge on any atom is 0.244 e. The largest absolute Gasteiger partial charge is 0.458 e. The molecule has 0 spiro atoms. The lowest BCUT2D eigenvalue weighted by Crippen LogP contribution is -2.18. The van der Waals surface area contributed by atoms with Gasteiger partial charge in [-0.15, -0.1) is 0 Å². The summed E-state index contributed by atoms with van der Waals surface area (Å²) >= 11 is 0. The van der Waals surface area contributed by atoms with E-state index in [4.69, 9.17) is 20.6 Å². The number of ether oxygens (including phenoxy) is 2. The lowest BCUT2D eigenvalue weighted by Gasteiger charge is -2.11. The fraction of sp³-hybridized carbons (Fsp3) is 0.182. The lowest BCUT2D eigenvalue weighted by molar-refractivity contribution is -0.0255. The monoisotopic (exact) mass is 204 g/mol. The zero-order valence-electron chi connectivity index (χ0n) is 8.14. The van der Waals surface area contributed by atoms with Crippen LogP contribution in [-0.2, 0) is 15.9 Å². The predicted octanol–water partition coefficient (Wildman–Crippen LogP) is 1.38. The molecule has 1 atom stereocenters. The average molecular weight is 204 g/mol. The molecule has 1 aromatic rings. The highest BCUT2D eigenvalue weighted by Gasteiger charge is 2.21. The molecule has 1 aromatic carbocycles. The second kappa shape index (κ2) is 4.04. The lowest BCUT2D eigenvalue weighted by atomic mass is 10.1. The molecule has 1 heterocycles. The van der Waals surface area contributed by atoms with Gasteiger partial charge in [0.05, 0.1) is 0 Å². The zero-order valence-corrected chi connectivity index (χ0v) is 8.14. The van der Waals surface area contributed by atoms with Crippen LogP contribution in [0.4, 0.5) is 0 Å². The molecule has 0 aromatic heterocycles. The fourth-order valence-corrected chi connectivity index (χ4v) is 1.36. The van der Waals surface area contributed by atoms with E-state index >= 15 is 0 Å². The molecule has 1 aliphatic heterocycles. The molecule has 15 heavy (non-hydrogen) atoms. The Kier molecular flexibility index (Phi) is 2.58. The summed E-state index contributed by atoms with van der Waals surface area (Å²) in [6.07, 6.45) is 1.66. The van der Waals surface area contributed by atoms with Crippen LogP contribution >= 0.6 is 0 Å². The van der Waals surface area contributed by atoms with Crippen molar-refractivity contribution in [3.63, 3.8) is 0 Å². The molecule has 0 saturated carbocycles. The van der Waals surface area contributed by atoms with Crippen LogP contribution in [0, 0.1) is 5.41 Å². The van der Waals surface area contributed by atoms with Crippen LogP contribution in [-0.4, -0.2) is 12.1 Å². The highest BCUT2D eigenvalue weighted by molar-refractivity contribution is 5.92. The van der Waals surface area contributed by atoms with Gasteiger partial charge in [-0.05, 0) is 5.56 Å². The van der Waals surface area contributed by atoms with Crippen molar-refractivity contribution >= 4 is 5.84 Å². The highest BCUT2D eigenvalue weighted by atomic mass is 16.7. The molecule has 0 saturated heterocycles. The molecule has 4 nitrogen and oxygen atoms in total. The van der Waals surface area contributed by atoms with Crippen molar-refractivity contribution in [3.05, 3.63) is 47.9 Å². The Hall–Kier alpha value is -1.97. The van der Waals surface area contributed by atoms with Gasteiger partial charge in [0.1, 0.15) is 6.26 Å². The van der Waals surface area contributed by atoms with E-state index < -0.39 is 0 Å². The number of hydrogen-bond donors (Lipinski definition) is 2. The van der Waals surface area contributed by atoms with Crippen LogP contribution in [0.2, 0.25) is 0 Å². The number of nitrogens with two attached hydrogens (primary N) is 1. The minimum absolute atomic E-state index is 0.106. The minimum Gasteiger partial charge on any atom is -0.458 e. The van der Waals surface area contributed by atoms with Crippen molar-refractivity contribution in [2.45, 2.75) is 12.7 Å². The Morgan fingerprint density at radius 3 is 2.67 bits per heavy atom. The molecule has 3 N–H and O–H groups in total. The van der Waals surface area contributed by atoms with E-state index in [2.05, 4.69) is 0 Å². The van der Waals surface area contributed by atoms with Crippen LogP contribution < -0.4 is 5.73 Å². The Bertz CT molecular complexity index is 387. The SMILES string of the molecule is N=C(N)C1=COC(Cc2ccccc2)O1. The number of nitrogens with one attached hydrogen (secondary N) is 1. The first-order valence-corrected chi connectivity index (χ1v) is 4.66. The Morgan fingerprint density at radius 1 is 1.33 bits per heavy atom. The van der Waals surface area contributed by atoms with Gasteiger partial charge in [-0.3, -0.25) is 5.41 Å². The third-order valence-electron chi connectivity index (χ3n) is 2.10. The van der Waals surface area contributed by atoms with Gasteiger partial charge in [0.25, 0.3) is 0 Å². The summed E-state index contributed by atoms with van der Waals surface area (Å²) in [5, 5.41) is 7.17. The number of amidine groups is 1. The molecule has 78 valence electrons. The van der Waals surface area contributed by atoms with Crippen LogP contribution in [0.3, 0.4) is 0 Å². The van der Waals surface area contributed by atoms with E-state index in [0.29, 0.717) is 12.2 Å². The Morgan fingerprint density at radius 2 is 2.07 bits per heavy atom. The molecule has 2 rings (SSSR count). The van der Waals surface area contributed by atoms with Crippen molar-refractivity contribution in [2.75, 3.05) is 0 Å². The molecule has 0 radical (unpaired) electrons. The van der Waals surface area contributed by atoms with Crippen LogP contribution in [0.1, 0.15) is 5.56 Å². The van der Waals surface area contributed by atoms with Crippen LogP contribution in [0.25, 0.3) is 0 Å². The number of benzene rings is 1. The van der Waals surface area contributed by atoms with E-state index in [-0.39, 0.29) is 12.1 Å². The van der Waals surface area contributed by atoms with E-state index in [9.17, 15) is 0 Å². The summed E-state index contributed by atoms with van der Waals surface area (Å²) in [6, 6.07) is 9.88. The smallest absolute Gasteiger partial charge is 0.244 e. The zero-order chi connectivity index (χ0) is 10.7. The molecule has 0 amide bonds. The highest BCUT2D eigenvalue weighted by Crippen LogP contribution is 2.17. The molecule has 1 unspecified atom stereocenters. The molecule has 0 fully saturated rings. The summed E-state index contributed by atoms with van der Waals surface area (Å²) in [5.74, 6) is 0.196. The molecular weight excluding hydrogens is 192 g/mol. The van der Waals surface area contributed by atoms with Gasteiger partial charge in [0, 0.05) is 6.42 Å². The molecular formula is C11H12N2O2. The van der Waals surface area contributed by atoms with E-state index in [0.717, 1.165) is 5.56 Å². The van der Waals surface area contributed by atoms with Crippen molar-refractivity contribution in [1.29, 1.82) is 5.41 Å². The van der Waals surface area contributed by atoms with E-state index in [1.54, 1.807) is 0 Å². The molecule has 1 aliphatic rings. The van der Waals surface area contributed by atoms with Crippen LogP contribution in [0.5, 0.6) is 0 Å². The summed E-state index contributed by atoms with van der Waals surface area (Å²) in [4.78, 5) is 0. The van der Waals surface area contributed by atoms with Gasteiger partial charge in [0.2, 0.25) is 6.29 Å². The van der Waals surface area contributed by atoms with Gasteiger partial charge in [0.15, 0.2) is 11.6 Å². The Balaban J connectivity index is 1.93. The predicted molar refractivity (Wildman–Crippen MR) is 56.1 cm³/mol. The van der Waals surface area contributed by atoms with Gasteiger partial charge < -0.3 is 15.2 Å². The maximum atomic E-state index is 7.17. The van der Waals surface area contributed by atoms with Gasteiger partial charge in [-0.25, -0.2) is 0 Å².